The topological polar surface area (TPSA) is 105 Å². The molecule has 8 nitrogen and oxygen atoms in total. The number of rotatable bonds is 3. The minimum Gasteiger partial charge on any atom is -0.474 e. The first-order valence-electron chi connectivity index (χ1n) is 11.8. The summed E-state index contributed by atoms with van der Waals surface area (Å²) < 4.78 is 21.0. The van der Waals surface area contributed by atoms with E-state index in [1.165, 1.54) is 0 Å². The summed E-state index contributed by atoms with van der Waals surface area (Å²) in [6, 6.07) is 9.34. The van der Waals surface area contributed by atoms with Gasteiger partial charge < -0.3 is 26.0 Å². The summed E-state index contributed by atoms with van der Waals surface area (Å²) >= 11 is 0. The second kappa shape index (κ2) is 8.37. The van der Waals surface area contributed by atoms with Gasteiger partial charge in [0.05, 0.1) is 5.69 Å². The van der Waals surface area contributed by atoms with Crippen LogP contribution in [0.3, 0.4) is 0 Å². The Balaban J connectivity index is 1.39. The van der Waals surface area contributed by atoms with Gasteiger partial charge in [-0.15, -0.1) is 0 Å². The van der Waals surface area contributed by atoms with Crippen molar-refractivity contribution in [2.24, 2.45) is 0 Å². The van der Waals surface area contributed by atoms with Crippen LogP contribution in [0.15, 0.2) is 42.7 Å². The zero-order chi connectivity index (χ0) is 25.0. The van der Waals surface area contributed by atoms with Crippen LogP contribution in [0.1, 0.15) is 21.5 Å². The third-order valence-electron chi connectivity index (χ3n) is 6.91. The quantitative estimate of drug-likeness (QED) is 0.368. The lowest BCUT2D eigenvalue weighted by Gasteiger charge is -2.25. The van der Waals surface area contributed by atoms with Crippen LogP contribution in [0.25, 0.3) is 21.9 Å². The maximum Gasteiger partial charge on any atom is 0.253 e. The van der Waals surface area contributed by atoms with Crippen LogP contribution in [-0.4, -0.2) is 47.5 Å². The molecule has 0 saturated heterocycles. The average molecular weight is 485 g/mol. The number of nitrogens with one attached hydrogen (secondary N) is 2. The maximum absolute atomic E-state index is 15.4. The van der Waals surface area contributed by atoms with Crippen LogP contribution in [0.2, 0.25) is 0 Å². The molecule has 1 amide bonds. The lowest BCUT2D eigenvalue weighted by Crippen LogP contribution is -2.34. The summed E-state index contributed by atoms with van der Waals surface area (Å²) in [5.41, 5.74) is 11.3. The Bertz CT molecular complexity index is 1550. The smallest absolute Gasteiger partial charge is 0.253 e. The van der Waals surface area contributed by atoms with E-state index >= 15 is 4.39 Å². The van der Waals surface area contributed by atoms with Gasteiger partial charge in [0.25, 0.3) is 5.91 Å². The number of hydrogen-bond donors (Lipinski definition) is 3. The van der Waals surface area contributed by atoms with E-state index in [2.05, 4.69) is 20.6 Å². The van der Waals surface area contributed by atoms with Gasteiger partial charge in [0.15, 0.2) is 5.82 Å². The van der Waals surface area contributed by atoms with Gasteiger partial charge >= 0.3 is 0 Å². The third-order valence-corrected chi connectivity index (χ3v) is 6.91. The monoisotopic (exact) mass is 484 g/mol. The Morgan fingerprint density at radius 3 is 2.86 bits per heavy atom. The predicted octanol–water partition coefficient (Wildman–Crippen LogP) is 4.50. The van der Waals surface area contributed by atoms with Crippen molar-refractivity contribution >= 4 is 39.6 Å². The molecular weight excluding hydrogens is 459 g/mol. The van der Waals surface area contributed by atoms with Crippen molar-refractivity contribution in [3.05, 3.63) is 65.2 Å². The number of hydrogen-bond acceptors (Lipinski definition) is 7. The molecule has 0 fully saturated rings. The molecule has 2 aromatic heterocycles. The number of nitrogen functional groups attached to an aromatic ring is 1. The molecule has 4 heterocycles. The molecule has 9 heteroatoms. The van der Waals surface area contributed by atoms with Crippen LogP contribution in [0.4, 0.5) is 27.3 Å². The van der Waals surface area contributed by atoms with Crippen LogP contribution >= 0.6 is 0 Å². The van der Waals surface area contributed by atoms with Gasteiger partial charge in [-0.25, -0.2) is 14.4 Å². The van der Waals surface area contributed by atoms with Gasteiger partial charge in [0, 0.05) is 60.3 Å². The van der Waals surface area contributed by atoms with Gasteiger partial charge in [-0.1, -0.05) is 6.07 Å². The minimum atomic E-state index is -0.510. The highest BCUT2D eigenvalue weighted by Crippen LogP contribution is 2.39. The molecule has 2 aliphatic rings. The molecule has 6 rings (SSSR count). The molecule has 0 spiro atoms. The van der Waals surface area contributed by atoms with Gasteiger partial charge in [-0.2, -0.15) is 0 Å². The largest absolute Gasteiger partial charge is 0.474 e. The van der Waals surface area contributed by atoms with Crippen LogP contribution in [0.5, 0.6) is 5.88 Å². The Kier molecular flexibility index (Phi) is 5.13. The Hall–Kier alpha value is -4.40. The number of nitrogens with two attached hydrogens (primary N) is 1. The van der Waals surface area contributed by atoms with E-state index in [4.69, 9.17) is 10.5 Å². The Morgan fingerprint density at radius 2 is 2.00 bits per heavy atom. The number of carbonyl (C=O) groups excluding carboxylic acids is 1. The normalized spacial score (nSPS) is 14.6. The van der Waals surface area contributed by atoms with Crippen molar-refractivity contribution in [3.63, 3.8) is 0 Å². The van der Waals surface area contributed by atoms with E-state index in [0.717, 1.165) is 34.3 Å². The Morgan fingerprint density at radius 1 is 1.14 bits per heavy atom. The number of benzene rings is 2. The SMILES string of the molecule is Cc1c(-c2cc3cc(Nc4ccc5c(c4)C(=O)N(C)CC5)ncc3c(N)c2F)cnc2c1NCCO2. The predicted molar refractivity (Wildman–Crippen MR) is 138 cm³/mol. The summed E-state index contributed by atoms with van der Waals surface area (Å²) in [6.07, 6.45) is 4.01. The molecule has 36 heavy (non-hydrogen) atoms. The first-order chi connectivity index (χ1) is 17.4. The standard InChI is InChI=1S/C27H25FN6O2/c1-14-20(12-32-26-25(14)30-6-8-36-26)19-9-16-10-22(31-13-21(16)24(29)23(19)28)33-17-4-3-15-5-7-34(2)27(35)18(15)11-17/h3-4,9-13,30H,5-8,29H2,1-2H3,(H,31,33). The number of nitrogens with zero attached hydrogens (tertiary/aromatic N) is 3. The minimum absolute atomic E-state index is 0.00757. The van der Waals surface area contributed by atoms with Crippen molar-refractivity contribution in [1.82, 2.24) is 14.9 Å². The van der Waals surface area contributed by atoms with Gasteiger partial charge in [-0.05, 0) is 54.1 Å². The Labute approximate surface area is 207 Å². The van der Waals surface area contributed by atoms with E-state index in [9.17, 15) is 4.79 Å². The second-order valence-corrected chi connectivity index (χ2v) is 9.17. The summed E-state index contributed by atoms with van der Waals surface area (Å²) in [4.78, 5) is 23.1. The fourth-order valence-electron chi connectivity index (χ4n) is 4.87. The van der Waals surface area contributed by atoms with Gasteiger partial charge in [-0.3, -0.25) is 4.79 Å². The number of amides is 1. The van der Waals surface area contributed by atoms with Crippen molar-refractivity contribution in [1.29, 1.82) is 0 Å². The molecule has 2 aliphatic heterocycles. The van der Waals surface area contributed by atoms with Crippen LogP contribution in [-0.2, 0) is 6.42 Å². The van der Waals surface area contributed by atoms with Crippen LogP contribution in [0, 0.1) is 12.7 Å². The first-order valence-corrected chi connectivity index (χ1v) is 11.8. The molecular formula is C27H25FN6O2. The first kappa shape index (κ1) is 22.1. The van der Waals surface area contributed by atoms with E-state index in [-0.39, 0.29) is 11.6 Å². The summed E-state index contributed by atoms with van der Waals surface area (Å²) in [5, 5.41) is 7.82. The molecule has 182 valence electrons. The number of likely N-dealkylation sites (N-methyl/N-ethyl adjacent to an activating group) is 1. The van der Waals surface area contributed by atoms with E-state index in [0.29, 0.717) is 53.5 Å². The fourth-order valence-corrected chi connectivity index (χ4v) is 4.87. The number of halogens is 1. The highest BCUT2D eigenvalue weighted by atomic mass is 19.1. The van der Waals surface area contributed by atoms with E-state index < -0.39 is 5.82 Å². The van der Waals surface area contributed by atoms with Crippen molar-refractivity contribution < 1.29 is 13.9 Å². The number of pyridine rings is 2. The molecule has 4 N–H and O–H groups in total. The molecule has 0 saturated carbocycles. The van der Waals surface area contributed by atoms with Crippen molar-refractivity contribution in [2.45, 2.75) is 13.3 Å². The molecule has 0 unspecified atom stereocenters. The number of aromatic nitrogens is 2. The summed E-state index contributed by atoms with van der Waals surface area (Å²) in [6.45, 7) is 3.82. The molecule has 4 aromatic rings. The molecule has 0 bridgehead atoms. The average Bonchev–Trinajstić information content (AvgIpc) is 2.89. The molecule has 0 radical (unpaired) electrons. The zero-order valence-corrected chi connectivity index (χ0v) is 20.0. The van der Waals surface area contributed by atoms with Crippen molar-refractivity contribution in [2.75, 3.05) is 43.1 Å². The van der Waals surface area contributed by atoms with Gasteiger partial charge in [0.1, 0.15) is 18.1 Å². The maximum atomic E-state index is 15.4. The van der Waals surface area contributed by atoms with Crippen LogP contribution < -0.4 is 21.1 Å². The van der Waals surface area contributed by atoms with E-state index in [1.54, 1.807) is 30.4 Å². The lowest BCUT2D eigenvalue weighted by atomic mass is 9.97. The zero-order valence-electron chi connectivity index (χ0n) is 20.0. The summed E-state index contributed by atoms with van der Waals surface area (Å²) in [7, 11) is 1.81. The molecule has 0 atom stereocenters. The van der Waals surface area contributed by atoms with Crippen molar-refractivity contribution in [3.8, 4) is 17.0 Å². The summed E-state index contributed by atoms with van der Waals surface area (Å²) in [5.74, 6) is 0.575. The van der Waals surface area contributed by atoms with Gasteiger partial charge in [0.2, 0.25) is 5.88 Å². The third kappa shape index (κ3) is 3.55. The van der Waals surface area contributed by atoms with E-state index in [1.807, 2.05) is 31.2 Å². The second-order valence-electron chi connectivity index (χ2n) is 9.17. The molecule has 2 aromatic carbocycles. The lowest BCUT2D eigenvalue weighted by molar-refractivity contribution is 0.0781. The highest BCUT2D eigenvalue weighted by Gasteiger charge is 2.23. The number of carbonyl (C=O) groups is 1. The molecule has 0 aliphatic carbocycles. The highest BCUT2D eigenvalue weighted by molar-refractivity contribution is 5.99. The number of ether oxygens (including phenoxy) is 1. The fraction of sp³-hybridized carbons (Fsp3) is 0.222. The number of fused-ring (bicyclic) bond motifs is 3. The number of anilines is 4.